The lowest BCUT2D eigenvalue weighted by molar-refractivity contribution is -0.136. The van der Waals surface area contributed by atoms with E-state index in [1.165, 1.54) is 7.11 Å². The second kappa shape index (κ2) is 8.39. The summed E-state index contributed by atoms with van der Waals surface area (Å²) in [7, 11) is -0.493. The highest BCUT2D eigenvalue weighted by Crippen LogP contribution is 2.41. The van der Waals surface area contributed by atoms with Gasteiger partial charge in [-0.1, -0.05) is 32.9 Å². The molecule has 1 aromatic carbocycles. The molecule has 160 valence electrons. The van der Waals surface area contributed by atoms with Gasteiger partial charge in [0.25, 0.3) is 0 Å². The first-order valence-corrected chi connectivity index (χ1v) is 13.2. The third-order valence-corrected chi connectivity index (χ3v) is 10.4. The first-order chi connectivity index (χ1) is 13.3. The van der Waals surface area contributed by atoms with Crippen LogP contribution in [0.5, 0.6) is 11.5 Å². The minimum Gasteiger partial charge on any atom is -0.543 e. The standard InChI is InChI=1S/C24H36O4Si/c1-17(22(25)26-7)11-10-13-24(6)14-12-19-16-20(15-18(2)21(19)27-24)28-29(8,9)23(3,4)5/h11-12,14-16H,10,13H2,1-9H3/b17-11-. The predicted octanol–water partition coefficient (Wildman–Crippen LogP) is 6.44. The highest BCUT2D eigenvalue weighted by atomic mass is 28.4. The van der Waals surface area contributed by atoms with Crippen molar-refractivity contribution in [1.29, 1.82) is 0 Å². The van der Waals surface area contributed by atoms with E-state index in [-0.39, 0.29) is 11.0 Å². The molecule has 0 saturated carbocycles. The van der Waals surface area contributed by atoms with Crippen molar-refractivity contribution in [2.75, 3.05) is 7.11 Å². The molecule has 0 aliphatic carbocycles. The zero-order valence-corrected chi connectivity index (χ0v) is 20.4. The number of ether oxygens (including phenoxy) is 2. The molecular formula is C24H36O4Si. The molecule has 1 heterocycles. The van der Waals surface area contributed by atoms with Crippen molar-refractivity contribution < 1.29 is 18.7 Å². The molecule has 4 nitrogen and oxygen atoms in total. The second-order valence-electron chi connectivity index (χ2n) is 9.69. The summed E-state index contributed by atoms with van der Waals surface area (Å²) in [5.74, 6) is 1.54. The zero-order chi connectivity index (χ0) is 22.0. The molecule has 0 N–H and O–H groups in total. The van der Waals surface area contributed by atoms with Crippen molar-refractivity contribution in [2.45, 2.75) is 78.1 Å². The first-order valence-electron chi connectivity index (χ1n) is 10.2. The Morgan fingerprint density at radius 3 is 2.52 bits per heavy atom. The van der Waals surface area contributed by atoms with Crippen LogP contribution in [0.15, 0.2) is 29.9 Å². The maximum atomic E-state index is 11.5. The van der Waals surface area contributed by atoms with Gasteiger partial charge in [-0.05, 0) is 75.5 Å². The van der Waals surface area contributed by atoms with E-state index in [1.54, 1.807) is 6.92 Å². The van der Waals surface area contributed by atoms with Crippen molar-refractivity contribution in [1.82, 2.24) is 0 Å². The summed E-state index contributed by atoms with van der Waals surface area (Å²) in [6.45, 7) is 17.2. The fourth-order valence-electron chi connectivity index (χ4n) is 3.02. The molecule has 1 aliphatic rings. The van der Waals surface area contributed by atoms with Gasteiger partial charge in [0.15, 0.2) is 0 Å². The normalized spacial score (nSPS) is 19.4. The second-order valence-corrected chi connectivity index (χ2v) is 14.4. The summed E-state index contributed by atoms with van der Waals surface area (Å²) >= 11 is 0. The van der Waals surface area contributed by atoms with Gasteiger partial charge < -0.3 is 13.9 Å². The molecule has 29 heavy (non-hydrogen) atoms. The van der Waals surface area contributed by atoms with Crippen LogP contribution in [-0.2, 0) is 9.53 Å². The lowest BCUT2D eigenvalue weighted by Crippen LogP contribution is -2.43. The van der Waals surface area contributed by atoms with Crippen LogP contribution in [0.4, 0.5) is 0 Å². The molecule has 1 aromatic rings. The topological polar surface area (TPSA) is 44.8 Å². The number of carbonyl (C=O) groups is 1. The number of hydrogen-bond acceptors (Lipinski definition) is 4. The molecule has 0 spiro atoms. The van der Waals surface area contributed by atoms with Crippen LogP contribution < -0.4 is 9.16 Å². The van der Waals surface area contributed by atoms with Crippen molar-refractivity contribution in [3.63, 3.8) is 0 Å². The van der Waals surface area contributed by atoms with Gasteiger partial charge >= 0.3 is 5.97 Å². The molecule has 0 saturated heterocycles. The first kappa shape index (κ1) is 23.3. The Morgan fingerprint density at radius 2 is 1.93 bits per heavy atom. The minimum absolute atomic E-state index is 0.150. The highest BCUT2D eigenvalue weighted by molar-refractivity contribution is 6.74. The quantitative estimate of drug-likeness (QED) is 0.304. The average molecular weight is 417 g/mol. The average Bonchev–Trinajstić information content (AvgIpc) is 2.60. The Labute approximate surface area is 177 Å². The number of rotatable bonds is 6. The highest BCUT2D eigenvalue weighted by Gasteiger charge is 2.39. The summed E-state index contributed by atoms with van der Waals surface area (Å²) in [5, 5.41) is 0.150. The number of allylic oxidation sites excluding steroid dienone is 1. The Hall–Kier alpha value is -2.01. The van der Waals surface area contributed by atoms with Crippen LogP contribution in [0, 0.1) is 6.92 Å². The number of esters is 1. The van der Waals surface area contributed by atoms with E-state index in [0.717, 1.165) is 35.5 Å². The zero-order valence-electron chi connectivity index (χ0n) is 19.4. The molecule has 5 heteroatoms. The third-order valence-electron chi connectivity index (χ3n) is 6.01. The molecule has 1 atom stereocenters. The van der Waals surface area contributed by atoms with Gasteiger partial charge in [0, 0.05) is 11.1 Å². The fraction of sp³-hybridized carbons (Fsp3) is 0.542. The van der Waals surface area contributed by atoms with Gasteiger partial charge in [0.1, 0.15) is 17.1 Å². The number of carbonyl (C=O) groups excluding carboxylic acids is 1. The van der Waals surface area contributed by atoms with E-state index < -0.39 is 13.9 Å². The van der Waals surface area contributed by atoms with E-state index >= 15 is 0 Å². The maximum Gasteiger partial charge on any atom is 0.333 e. The van der Waals surface area contributed by atoms with Gasteiger partial charge in [-0.3, -0.25) is 0 Å². The molecule has 0 fully saturated rings. The van der Waals surface area contributed by atoms with Crippen LogP contribution in [0.2, 0.25) is 18.1 Å². The molecule has 0 aromatic heterocycles. The fourth-order valence-corrected chi connectivity index (χ4v) is 4.04. The molecule has 0 amide bonds. The Kier molecular flexibility index (Phi) is 6.73. The number of fused-ring (bicyclic) bond motifs is 1. The van der Waals surface area contributed by atoms with E-state index in [1.807, 2.05) is 6.08 Å². The molecule has 2 rings (SSSR count). The Balaban J connectivity index is 2.17. The molecule has 1 unspecified atom stereocenters. The molecule has 0 bridgehead atoms. The Morgan fingerprint density at radius 1 is 1.28 bits per heavy atom. The van der Waals surface area contributed by atoms with Crippen molar-refractivity contribution >= 4 is 20.4 Å². The summed E-state index contributed by atoms with van der Waals surface area (Å²) in [6.07, 6.45) is 7.65. The lowest BCUT2D eigenvalue weighted by atomic mass is 9.93. The van der Waals surface area contributed by atoms with E-state index in [4.69, 9.17) is 13.9 Å². The lowest BCUT2D eigenvalue weighted by Gasteiger charge is -2.37. The monoisotopic (exact) mass is 416 g/mol. The summed E-state index contributed by atoms with van der Waals surface area (Å²) in [5.41, 5.74) is 2.34. The Bertz CT molecular complexity index is 830. The van der Waals surface area contributed by atoms with Crippen LogP contribution in [0.1, 0.15) is 58.6 Å². The molecule has 1 aliphatic heterocycles. The molecule has 0 radical (unpaired) electrons. The van der Waals surface area contributed by atoms with Gasteiger partial charge in [0.05, 0.1) is 7.11 Å². The van der Waals surface area contributed by atoms with E-state index in [9.17, 15) is 4.79 Å². The SMILES string of the molecule is COC(=O)/C(C)=C\CCC1(C)C=Cc2cc(O[Si](C)(C)C(C)(C)C)cc(C)c2O1. The van der Waals surface area contributed by atoms with Crippen molar-refractivity contribution in [3.8, 4) is 11.5 Å². The number of methoxy groups -OCH3 is 1. The van der Waals surface area contributed by atoms with Crippen LogP contribution in [0.3, 0.4) is 0 Å². The van der Waals surface area contributed by atoms with E-state index in [2.05, 4.69) is 72.0 Å². The van der Waals surface area contributed by atoms with Crippen LogP contribution in [0.25, 0.3) is 6.08 Å². The van der Waals surface area contributed by atoms with Crippen LogP contribution in [-0.4, -0.2) is 27.0 Å². The number of benzene rings is 1. The minimum atomic E-state index is -1.89. The summed E-state index contributed by atoms with van der Waals surface area (Å²) < 4.78 is 17.6. The third kappa shape index (κ3) is 5.53. The van der Waals surface area contributed by atoms with Gasteiger partial charge in [0.2, 0.25) is 8.32 Å². The van der Waals surface area contributed by atoms with E-state index in [0.29, 0.717) is 5.57 Å². The van der Waals surface area contributed by atoms with Gasteiger partial charge in [-0.25, -0.2) is 4.79 Å². The number of hydrogen-bond donors (Lipinski definition) is 0. The summed E-state index contributed by atoms with van der Waals surface area (Å²) in [6, 6.07) is 4.17. The maximum absolute atomic E-state index is 11.5. The smallest absolute Gasteiger partial charge is 0.333 e. The predicted molar refractivity (Wildman–Crippen MR) is 122 cm³/mol. The van der Waals surface area contributed by atoms with Crippen molar-refractivity contribution in [3.05, 3.63) is 41.0 Å². The number of aryl methyl sites for hydroxylation is 1. The van der Waals surface area contributed by atoms with Crippen LogP contribution >= 0.6 is 0 Å². The van der Waals surface area contributed by atoms with Gasteiger partial charge in [-0.2, -0.15) is 0 Å². The largest absolute Gasteiger partial charge is 0.543 e. The van der Waals surface area contributed by atoms with Crippen molar-refractivity contribution in [2.24, 2.45) is 0 Å². The van der Waals surface area contributed by atoms with Gasteiger partial charge in [-0.15, -0.1) is 0 Å². The summed E-state index contributed by atoms with van der Waals surface area (Å²) in [4.78, 5) is 11.5. The molecular weight excluding hydrogens is 380 g/mol.